The van der Waals surface area contributed by atoms with E-state index in [4.69, 9.17) is 9.15 Å². The van der Waals surface area contributed by atoms with Crippen LogP contribution in [0.4, 0.5) is 0 Å². The van der Waals surface area contributed by atoms with E-state index in [1.165, 1.54) is 24.3 Å². The molecule has 0 spiro atoms. The highest BCUT2D eigenvalue weighted by Gasteiger charge is 2.27. The Hall–Kier alpha value is -2.65. The van der Waals surface area contributed by atoms with Crippen molar-refractivity contribution in [2.24, 2.45) is 0 Å². The summed E-state index contributed by atoms with van der Waals surface area (Å²) in [6.07, 6.45) is 0.811. The zero-order chi connectivity index (χ0) is 20.2. The predicted octanol–water partition coefficient (Wildman–Crippen LogP) is 1.33. The lowest BCUT2D eigenvalue weighted by Gasteiger charge is -2.18. The molecule has 9 heteroatoms. The number of esters is 1. The van der Waals surface area contributed by atoms with Gasteiger partial charge in [-0.1, -0.05) is 12.1 Å². The van der Waals surface area contributed by atoms with Gasteiger partial charge in [-0.15, -0.1) is 0 Å². The predicted molar refractivity (Wildman–Crippen MR) is 95.2 cm³/mol. The fraction of sp³-hybridized carbons (Fsp3) is 0.333. The first kappa shape index (κ1) is 20.7. The van der Waals surface area contributed by atoms with E-state index >= 15 is 0 Å². The van der Waals surface area contributed by atoms with Gasteiger partial charge in [0.2, 0.25) is 11.2 Å². The molecule has 2 aromatic rings. The van der Waals surface area contributed by atoms with Crippen LogP contribution in [0.1, 0.15) is 36.3 Å². The molecule has 27 heavy (non-hydrogen) atoms. The molecule has 0 saturated carbocycles. The molecule has 0 aliphatic carbocycles. The quantitative estimate of drug-likeness (QED) is 0.670. The van der Waals surface area contributed by atoms with E-state index in [9.17, 15) is 28.2 Å². The molecular formula is C18H20O8S. The largest absolute Gasteiger partial charge is 0.502 e. The molecule has 0 aliphatic heterocycles. The highest BCUT2D eigenvalue weighted by atomic mass is 32.2. The molecule has 8 nitrogen and oxygen atoms in total. The molecule has 1 aromatic carbocycles. The molecular weight excluding hydrogens is 376 g/mol. The molecule has 0 unspecified atom stereocenters. The standard InChI is InChI=1S/C18H20O8S/c1-3-25-16(21)9-14(11-4-6-13(7-5-11)27(2,23)24)18-17(22)15(20)8-12(10-19)26-18/h4-8,14,19,22H,3,9-10H2,1-2H3/t14-/m0/s1. The summed E-state index contributed by atoms with van der Waals surface area (Å²) in [7, 11) is -3.41. The molecule has 0 aliphatic rings. The summed E-state index contributed by atoms with van der Waals surface area (Å²) >= 11 is 0. The number of ether oxygens (including phenoxy) is 1. The summed E-state index contributed by atoms with van der Waals surface area (Å²) in [5.41, 5.74) is -0.328. The Balaban J connectivity index is 2.57. The zero-order valence-electron chi connectivity index (χ0n) is 14.8. The summed E-state index contributed by atoms with van der Waals surface area (Å²) in [6.45, 7) is 1.21. The van der Waals surface area contributed by atoms with Gasteiger partial charge < -0.3 is 19.4 Å². The maximum Gasteiger partial charge on any atom is 0.306 e. The molecule has 0 fully saturated rings. The van der Waals surface area contributed by atoms with Crippen LogP contribution in [0, 0.1) is 0 Å². The average Bonchev–Trinajstić information content (AvgIpc) is 2.62. The molecule has 1 heterocycles. The van der Waals surface area contributed by atoms with Crippen molar-refractivity contribution >= 4 is 15.8 Å². The Morgan fingerprint density at radius 2 is 1.89 bits per heavy atom. The van der Waals surface area contributed by atoms with Crippen LogP contribution in [0.15, 0.2) is 44.4 Å². The lowest BCUT2D eigenvalue weighted by molar-refractivity contribution is -0.143. The van der Waals surface area contributed by atoms with Gasteiger partial charge in [-0.2, -0.15) is 0 Å². The first-order chi connectivity index (χ1) is 12.7. The van der Waals surface area contributed by atoms with Gasteiger partial charge in [-0.25, -0.2) is 8.42 Å². The second-order valence-corrected chi connectivity index (χ2v) is 7.87. The lowest BCUT2D eigenvalue weighted by atomic mass is 9.92. The monoisotopic (exact) mass is 396 g/mol. The summed E-state index contributed by atoms with van der Waals surface area (Å²) in [6, 6.07) is 6.59. The van der Waals surface area contributed by atoms with Gasteiger partial charge in [0.25, 0.3) is 0 Å². The van der Waals surface area contributed by atoms with Crippen molar-refractivity contribution in [3.05, 3.63) is 57.6 Å². The molecule has 2 rings (SSSR count). The zero-order valence-corrected chi connectivity index (χ0v) is 15.7. The van der Waals surface area contributed by atoms with E-state index in [0.717, 1.165) is 12.3 Å². The number of rotatable bonds is 7. The minimum absolute atomic E-state index is 0.0746. The average molecular weight is 396 g/mol. The topological polar surface area (TPSA) is 131 Å². The van der Waals surface area contributed by atoms with Crippen molar-refractivity contribution in [1.29, 1.82) is 0 Å². The van der Waals surface area contributed by atoms with Crippen LogP contribution in [0.5, 0.6) is 5.75 Å². The minimum Gasteiger partial charge on any atom is -0.502 e. The van der Waals surface area contributed by atoms with Crippen molar-refractivity contribution in [1.82, 2.24) is 0 Å². The second-order valence-electron chi connectivity index (χ2n) is 5.85. The van der Waals surface area contributed by atoms with Crippen LogP contribution in [0.2, 0.25) is 0 Å². The Kier molecular flexibility index (Phi) is 6.40. The molecule has 0 saturated heterocycles. The third kappa shape index (κ3) is 4.95. The van der Waals surface area contributed by atoms with Gasteiger partial charge in [0.1, 0.15) is 12.4 Å². The smallest absolute Gasteiger partial charge is 0.306 e. The number of carbonyl (C=O) groups excluding carboxylic acids is 1. The maximum atomic E-state index is 12.0. The fourth-order valence-corrected chi connectivity index (χ4v) is 3.20. The molecule has 1 atom stereocenters. The highest BCUT2D eigenvalue weighted by molar-refractivity contribution is 7.90. The Morgan fingerprint density at radius 1 is 1.26 bits per heavy atom. The third-order valence-electron chi connectivity index (χ3n) is 3.86. The fourth-order valence-electron chi connectivity index (χ4n) is 2.56. The van der Waals surface area contributed by atoms with Gasteiger partial charge in [-0.3, -0.25) is 9.59 Å². The van der Waals surface area contributed by atoms with Gasteiger partial charge in [-0.05, 0) is 24.6 Å². The van der Waals surface area contributed by atoms with Crippen LogP contribution < -0.4 is 5.43 Å². The van der Waals surface area contributed by atoms with E-state index in [-0.39, 0.29) is 29.4 Å². The number of aromatic hydroxyl groups is 1. The summed E-state index contributed by atoms with van der Waals surface area (Å²) in [5.74, 6) is -2.46. The number of aliphatic hydroxyl groups excluding tert-OH is 1. The first-order valence-electron chi connectivity index (χ1n) is 8.09. The van der Waals surface area contributed by atoms with Crippen LogP contribution in [-0.4, -0.2) is 37.5 Å². The summed E-state index contributed by atoms with van der Waals surface area (Å²) < 4.78 is 33.6. The minimum atomic E-state index is -3.41. The molecule has 0 amide bonds. The van der Waals surface area contributed by atoms with E-state index in [1.807, 2.05) is 0 Å². The number of carbonyl (C=O) groups is 1. The summed E-state index contributed by atoms with van der Waals surface area (Å²) in [4.78, 5) is 24.0. The van der Waals surface area contributed by atoms with Gasteiger partial charge in [0, 0.05) is 12.3 Å². The van der Waals surface area contributed by atoms with Gasteiger partial charge in [0.15, 0.2) is 15.6 Å². The SMILES string of the molecule is CCOC(=O)C[C@@H](c1ccc(S(C)(=O)=O)cc1)c1oc(CO)cc(=O)c1O. The van der Waals surface area contributed by atoms with E-state index < -0.39 is 39.5 Å². The van der Waals surface area contributed by atoms with Gasteiger partial charge >= 0.3 is 5.97 Å². The van der Waals surface area contributed by atoms with Crippen molar-refractivity contribution < 1.29 is 32.6 Å². The van der Waals surface area contributed by atoms with Crippen molar-refractivity contribution in [3.63, 3.8) is 0 Å². The number of hydrogen-bond donors (Lipinski definition) is 2. The second kappa shape index (κ2) is 8.36. The van der Waals surface area contributed by atoms with Crippen molar-refractivity contribution in [2.45, 2.75) is 30.8 Å². The Bertz CT molecular complexity index is 973. The maximum absolute atomic E-state index is 12.0. The van der Waals surface area contributed by atoms with Gasteiger partial charge in [0.05, 0.1) is 23.8 Å². The van der Waals surface area contributed by atoms with E-state index in [2.05, 4.69) is 0 Å². The Morgan fingerprint density at radius 3 is 2.41 bits per heavy atom. The molecule has 0 bridgehead atoms. The highest BCUT2D eigenvalue weighted by Crippen LogP contribution is 2.33. The summed E-state index contributed by atoms with van der Waals surface area (Å²) in [5, 5.41) is 19.4. The van der Waals surface area contributed by atoms with Crippen LogP contribution >= 0.6 is 0 Å². The number of benzene rings is 1. The van der Waals surface area contributed by atoms with Crippen molar-refractivity contribution in [3.8, 4) is 5.75 Å². The van der Waals surface area contributed by atoms with E-state index in [1.54, 1.807) is 6.92 Å². The molecule has 2 N–H and O–H groups in total. The van der Waals surface area contributed by atoms with E-state index in [0.29, 0.717) is 5.56 Å². The number of hydrogen-bond acceptors (Lipinski definition) is 8. The van der Waals surface area contributed by atoms with Crippen LogP contribution in [0.25, 0.3) is 0 Å². The normalized spacial score (nSPS) is 12.6. The molecule has 0 radical (unpaired) electrons. The van der Waals surface area contributed by atoms with Crippen LogP contribution in [-0.2, 0) is 26.0 Å². The van der Waals surface area contributed by atoms with Crippen LogP contribution in [0.3, 0.4) is 0 Å². The number of aliphatic hydroxyl groups is 1. The molecule has 1 aromatic heterocycles. The van der Waals surface area contributed by atoms with Crippen molar-refractivity contribution in [2.75, 3.05) is 12.9 Å². The first-order valence-corrected chi connectivity index (χ1v) is 9.98. The molecule has 146 valence electrons. The Labute approximate surface area is 155 Å². The lowest BCUT2D eigenvalue weighted by Crippen LogP contribution is -2.15. The number of sulfone groups is 1. The third-order valence-corrected chi connectivity index (χ3v) is 4.99.